The van der Waals surface area contributed by atoms with Crippen molar-refractivity contribution in [2.24, 2.45) is 16.8 Å². The van der Waals surface area contributed by atoms with E-state index >= 15 is 0 Å². The van der Waals surface area contributed by atoms with Crippen LogP contribution in [0.2, 0.25) is 0 Å². The second-order valence-electron chi connectivity index (χ2n) is 4.00. The van der Waals surface area contributed by atoms with Gasteiger partial charge in [-0.3, -0.25) is 0 Å². The molecule has 0 amide bonds. The van der Waals surface area contributed by atoms with Crippen LogP contribution in [-0.2, 0) is 0 Å². The fraction of sp³-hybridized carbons (Fsp3) is 0.900. The van der Waals surface area contributed by atoms with Gasteiger partial charge in [-0.05, 0) is 19.4 Å². The smallest absolute Gasteiger partial charge is 0.140 e. The van der Waals surface area contributed by atoms with E-state index in [-0.39, 0.29) is 0 Å². The Kier molecular flexibility index (Phi) is 7.20. The lowest BCUT2D eigenvalue weighted by Crippen LogP contribution is -2.28. The van der Waals surface area contributed by atoms with Crippen LogP contribution in [0.3, 0.4) is 0 Å². The molecule has 84 valence electrons. The maximum atomic E-state index is 8.36. The summed E-state index contributed by atoms with van der Waals surface area (Å²) in [5, 5.41) is 11.3. The standard InChI is InChI=1S/C10H23N3O/c1-4-5-9(2)8-13(3)7-6-10(11)12-14/h9,14H,4-8H2,1-3H3,(H2,11,12). The highest BCUT2D eigenvalue weighted by Crippen LogP contribution is 2.06. The molecule has 0 aliphatic heterocycles. The monoisotopic (exact) mass is 201 g/mol. The normalized spacial score (nSPS) is 14.7. The van der Waals surface area contributed by atoms with E-state index in [0.29, 0.717) is 12.3 Å². The largest absolute Gasteiger partial charge is 0.409 e. The lowest BCUT2D eigenvalue weighted by Gasteiger charge is -2.20. The van der Waals surface area contributed by atoms with Gasteiger partial charge in [0.2, 0.25) is 0 Å². The Morgan fingerprint density at radius 2 is 2.21 bits per heavy atom. The lowest BCUT2D eigenvalue weighted by atomic mass is 10.1. The van der Waals surface area contributed by atoms with Gasteiger partial charge in [0, 0.05) is 19.5 Å². The third-order valence-corrected chi connectivity index (χ3v) is 2.28. The molecule has 0 rings (SSSR count). The Balaban J connectivity index is 3.59. The van der Waals surface area contributed by atoms with Crippen LogP contribution in [0.5, 0.6) is 0 Å². The molecular weight excluding hydrogens is 178 g/mol. The molecule has 1 atom stereocenters. The summed E-state index contributed by atoms with van der Waals surface area (Å²) < 4.78 is 0. The minimum Gasteiger partial charge on any atom is -0.409 e. The lowest BCUT2D eigenvalue weighted by molar-refractivity contribution is 0.280. The van der Waals surface area contributed by atoms with Gasteiger partial charge in [-0.1, -0.05) is 25.4 Å². The van der Waals surface area contributed by atoms with Gasteiger partial charge in [0.25, 0.3) is 0 Å². The Hall–Kier alpha value is -0.770. The first-order valence-electron chi connectivity index (χ1n) is 5.25. The fourth-order valence-corrected chi connectivity index (χ4v) is 1.56. The Morgan fingerprint density at radius 1 is 1.57 bits per heavy atom. The van der Waals surface area contributed by atoms with E-state index in [9.17, 15) is 0 Å². The fourth-order valence-electron chi connectivity index (χ4n) is 1.56. The molecule has 0 aromatic rings. The van der Waals surface area contributed by atoms with Crippen LogP contribution in [0.1, 0.15) is 33.1 Å². The first-order valence-corrected chi connectivity index (χ1v) is 5.25. The van der Waals surface area contributed by atoms with Gasteiger partial charge >= 0.3 is 0 Å². The van der Waals surface area contributed by atoms with E-state index in [4.69, 9.17) is 10.9 Å². The van der Waals surface area contributed by atoms with Crippen molar-refractivity contribution < 1.29 is 5.21 Å². The molecule has 1 unspecified atom stereocenters. The van der Waals surface area contributed by atoms with E-state index < -0.39 is 0 Å². The third kappa shape index (κ3) is 6.71. The molecule has 0 aromatic heterocycles. The van der Waals surface area contributed by atoms with Crippen LogP contribution < -0.4 is 5.73 Å². The minimum atomic E-state index is 0.306. The molecule has 0 aliphatic rings. The van der Waals surface area contributed by atoms with Crippen molar-refractivity contribution in [3.05, 3.63) is 0 Å². The quantitative estimate of drug-likeness (QED) is 0.284. The molecule has 0 spiro atoms. The molecule has 0 radical (unpaired) electrons. The zero-order chi connectivity index (χ0) is 11.0. The first kappa shape index (κ1) is 13.2. The predicted molar refractivity (Wildman–Crippen MR) is 59.6 cm³/mol. The molecule has 14 heavy (non-hydrogen) atoms. The summed E-state index contributed by atoms with van der Waals surface area (Å²) in [6.07, 6.45) is 3.12. The Labute approximate surface area is 86.8 Å². The van der Waals surface area contributed by atoms with E-state index in [2.05, 4.69) is 31.0 Å². The molecule has 0 bridgehead atoms. The van der Waals surface area contributed by atoms with Gasteiger partial charge in [-0.25, -0.2) is 0 Å². The van der Waals surface area contributed by atoms with Crippen LogP contribution in [0.15, 0.2) is 5.16 Å². The molecule has 0 saturated carbocycles. The van der Waals surface area contributed by atoms with Crippen molar-refractivity contribution in [3.8, 4) is 0 Å². The van der Waals surface area contributed by atoms with Gasteiger partial charge in [0.15, 0.2) is 0 Å². The van der Waals surface area contributed by atoms with Gasteiger partial charge in [0.05, 0.1) is 0 Å². The van der Waals surface area contributed by atoms with Crippen molar-refractivity contribution >= 4 is 5.84 Å². The van der Waals surface area contributed by atoms with Crippen LogP contribution in [-0.4, -0.2) is 36.1 Å². The molecule has 3 N–H and O–H groups in total. The zero-order valence-corrected chi connectivity index (χ0v) is 9.53. The zero-order valence-electron chi connectivity index (χ0n) is 9.53. The van der Waals surface area contributed by atoms with E-state index in [1.807, 2.05) is 0 Å². The summed E-state index contributed by atoms with van der Waals surface area (Å²) in [6, 6.07) is 0. The molecule has 0 aromatic carbocycles. The van der Waals surface area contributed by atoms with Gasteiger partial charge in [0.1, 0.15) is 5.84 Å². The highest BCUT2D eigenvalue weighted by Gasteiger charge is 2.05. The molecule has 4 heteroatoms. The number of hydrogen-bond acceptors (Lipinski definition) is 3. The second kappa shape index (κ2) is 7.62. The molecule has 0 aliphatic carbocycles. The van der Waals surface area contributed by atoms with Crippen molar-refractivity contribution in [1.29, 1.82) is 0 Å². The summed E-state index contributed by atoms with van der Waals surface area (Å²) in [4.78, 5) is 2.22. The van der Waals surface area contributed by atoms with Crippen LogP contribution in [0.25, 0.3) is 0 Å². The van der Waals surface area contributed by atoms with E-state index in [0.717, 1.165) is 19.0 Å². The number of oxime groups is 1. The van der Waals surface area contributed by atoms with E-state index in [1.54, 1.807) is 0 Å². The topological polar surface area (TPSA) is 61.8 Å². The number of nitrogens with zero attached hydrogens (tertiary/aromatic N) is 2. The third-order valence-electron chi connectivity index (χ3n) is 2.28. The average molecular weight is 201 g/mol. The number of amidine groups is 1. The van der Waals surface area contributed by atoms with E-state index in [1.165, 1.54) is 12.8 Å². The molecule has 0 fully saturated rings. The molecule has 0 heterocycles. The maximum Gasteiger partial charge on any atom is 0.140 e. The average Bonchev–Trinajstić information content (AvgIpc) is 2.14. The number of rotatable bonds is 7. The van der Waals surface area contributed by atoms with Gasteiger partial charge in [-0.2, -0.15) is 0 Å². The van der Waals surface area contributed by atoms with Crippen molar-refractivity contribution in [2.45, 2.75) is 33.1 Å². The van der Waals surface area contributed by atoms with Gasteiger partial charge in [-0.15, -0.1) is 0 Å². The van der Waals surface area contributed by atoms with Crippen LogP contribution >= 0.6 is 0 Å². The number of nitrogens with two attached hydrogens (primary N) is 1. The van der Waals surface area contributed by atoms with Gasteiger partial charge < -0.3 is 15.8 Å². The molecule has 4 nitrogen and oxygen atoms in total. The second-order valence-corrected chi connectivity index (χ2v) is 4.00. The first-order chi connectivity index (χ1) is 6.60. The summed E-state index contributed by atoms with van der Waals surface area (Å²) in [5.74, 6) is 1.03. The highest BCUT2D eigenvalue weighted by atomic mass is 16.4. The SMILES string of the molecule is CCCC(C)CN(C)CCC(N)=NO. The minimum absolute atomic E-state index is 0.306. The van der Waals surface area contributed by atoms with Crippen LogP contribution in [0, 0.1) is 5.92 Å². The highest BCUT2D eigenvalue weighted by molar-refractivity contribution is 5.79. The summed E-state index contributed by atoms with van der Waals surface area (Å²) in [7, 11) is 2.07. The van der Waals surface area contributed by atoms with Crippen LogP contribution in [0.4, 0.5) is 0 Å². The maximum absolute atomic E-state index is 8.36. The number of hydrogen-bond donors (Lipinski definition) is 2. The van der Waals surface area contributed by atoms with Crippen molar-refractivity contribution in [2.75, 3.05) is 20.1 Å². The van der Waals surface area contributed by atoms with Crippen molar-refractivity contribution in [1.82, 2.24) is 4.90 Å². The predicted octanol–water partition coefficient (Wildman–Crippen LogP) is 1.49. The Bertz CT molecular complexity index is 171. The summed E-state index contributed by atoms with van der Waals surface area (Å²) in [5.41, 5.74) is 5.38. The molecular formula is C10H23N3O. The van der Waals surface area contributed by atoms with Crippen molar-refractivity contribution in [3.63, 3.8) is 0 Å². The summed E-state index contributed by atoms with van der Waals surface area (Å²) in [6.45, 7) is 6.38. The summed E-state index contributed by atoms with van der Waals surface area (Å²) >= 11 is 0. The molecule has 0 saturated heterocycles. The Morgan fingerprint density at radius 3 is 2.71 bits per heavy atom.